The Balaban J connectivity index is 1.70. The van der Waals surface area contributed by atoms with E-state index >= 15 is 0 Å². The van der Waals surface area contributed by atoms with Crippen LogP contribution in [0.1, 0.15) is 51.5 Å². The van der Waals surface area contributed by atoms with E-state index in [1.54, 1.807) is 10.9 Å². The zero-order valence-electron chi connectivity index (χ0n) is 16.4. The Bertz CT molecular complexity index is 706. The predicted molar refractivity (Wildman–Crippen MR) is 106 cm³/mol. The number of benzene rings is 1. The maximum atomic E-state index is 12.2. The number of nitrogens with zero attached hydrogens (tertiary/aromatic N) is 3. The second-order valence-corrected chi connectivity index (χ2v) is 6.64. The highest BCUT2D eigenvalue weighted by Gasteiger charge is 2.12. The van der Waals surface area contributed by atoms with Crippen LogP contribution in [0, 0.1) is 0 Å². The summed E-state index contributed by atoms with van der Waals surface area (Å²) in [5, 5.41) is 7.22. The molecule has 1 aromatic carbocycles. The van der Waals surface area contributed by atoms with Crippen LogP contribution < -0.4 is 5.32 Å². The van der Waals surface area contributed by atoms with Crippen molar-refractivity contribution in [2.45, 2.75) is 52.5 Å². The first kappa shape index (κ1) is 20.7. The molecule has 0 aliphatic heterocycles. The molecule has 0 unspecified atom stereocenters. The molecule has 1 heterocycles. The molecule has 0 bridgehead atoms. The Kier molecular flexibility index (Phi) is 8.55. The lowest BCUT2D eigenvalue weighted by molar-refractivity contribution is -0.131. The molecule has 1 aromatic heterocycles. The summed E-state index contributed by atoms with van der Waals surface area (Å²) in [5.74, 6) is 0.114. The molecule has 0 spiro atoms. The van der Waals surface area contributed by atoms with Crippen molar-refractivity contribution in [3.63, 3.8) is 0 Å². The molecule has 0 radical (unpaired) electrons. The Morgan fingerprint density at radius 1 is 1.07 bits per heavy atom. The van der Waals surface area contributed by atoms with E-state index in [2.05, 4.69) is 24.3 Å². The van der Waals surface area contributed by atoms with Crippen LogP contribution in [0.3, 0.4) is 0 Å². The summed E-state index contributed by atoms with van der Waals surface area (Å²) in [7, 11) is 0. The highest BCUT2D eigenvalue weighted by atomic mass is 16.2. The molecule has 0 saturated heterocycles. The number of amides is 2. The number of aromatic nitrogens is 2. The average Bonchev–Trinajstić information content (AvgIpc) is 3.16. The summed E-state index contributed by atoms with van der Waals surface area (Å²) < 4.78 is 1.79. The summed E-state index contributed by atoms with van der Waals surface area (Å²) in [5.41, 5.74) is 1.93. The van der Waals surface area contributed by atoms with Gasteiger partial charge in [0.2, 0.25) is 11.8 Å². The molecular weight excluding hydrogens is 340 g/mol. The van der Waals surface area contributed by atoms with Crippen LogP contribution >= 0.6 is 0 Å². The van der Waals surface area contributed by atoms with E-state index in [9.17, 15) is 9.59 Å². The highest BCUT2D eigenvalue weighted by molar-refractivity contribution is 5.78. The molecule has 27 heavy (non-hydrogen) atoms. The number of carbonyl (C=O) groups is 2. The minimum Gasteiger partial charge on any atom is -0.352 e. The van der Waals surface area contributed by atoms with Gasteiger partial charge in [-0.05, 0) is 31.4 Å². The summed E-state index contributed by atoms with van der Waals surface area (Å²) in [6, 6.07) is 9.84. The molecule has 146 valence electrons. The standard InChI is InChI=1S/C21H30N4O2/c1-3-13-24(14-4-2)21(27)12-8-11-20(26)22-15-18-16-23-25(17-18)19-9-6-5-7-10-19/h5-7,9-10,16-17H,3-4,8,11-15H2,1-2H3,(H,22,26). The summed E-state index contributed by atoms with van der Waals surface area (Å²) >= 11 is 0. The maximum absolute atomic E-state index is 12.2. The number of carbonyl (C=O) groups excluding carboxylic acids is 2. The number of para-hydroxylation sites is 1. The Morgan fingerprint density at radius 3 is 2.44 bits per heavy atom. The number of nitrogens with one attached hydrogen (secondary N) is 1. The van der Waals surface area contributed by atoms with E-state index < -0.39 is 0 Å². The first-order valence-corrected chi connectivity index (χ1v) is 9.77. The lowest BCUT2D eigenvalue weighted by Gasteiger charge is -2.21. The fourth-order valence-corrected chi connectivity index (χ4v) is 2.92. The van der Waals surface area contributed by atoms with Gasteiger partial charge in [0, 0.05) is 44.2 Å². The molecule has 6 heteroatoms. The second-order valence-electron chi connectivity index (χ2n) is 6.64. The molecule has 0 saturated carbocycles. The molecule has 0 fully saturated rings. The second kappa shape index (κ2) is 11.2. The van der Waals surface area contributed by atoms with Crippen LogP contribution in [0.15, 0.2) is 42.7 Å². The molecule has 2 amide bonds. The lowest BCUT2D eigenvalue weighted by atomic mass is 10.2. The van der Waals surface area contributed by atoms with Gasteiger partial charge in [0.1, 0.15) is 0 Å². The van der Waals surface area contributed by atoms with Crippen molar-refractivity contribution in [2.75, 3.05) is 13.1 Å². The normalized spacial score (nSPS) is 10.6. The van der Waals surface area contributed by atoms with Gasteiger partial charge < -0.3 is 10.2 Å². The molecule has 0 atom stereocenters. The van der Waals surface area contributed by atoms with Crippen LogP contribution in [0.4, 0.5) is 0 Å². The van der Waals surface area contributed by atoms with Crippen molar-refractivity contribution in [3.05, 3.63) is 48.3 Å². The van der Waals surface area contributed by atoms with Crippen LogP contribution in [0.25, 0.3) is 5.69 Å². The van der Waals surface area contributed by atoms with Crippen molar-refractivity contribution < 1.29 is 9.59 Å². The molecule has 0 aliphatic carbocycles. The van der Waals surface area contributed by atoms with E-state index in [0.29, 0.717) is 25.8 Å². The molecule has 1 N–H and O–H groups in total. The smallest absolute Gasteiger partial charge is 0.222 e. The SMILES string of the molecule is CCCN(CCC)C(=O)CCCC(=O)NCc1cnn(-c2ccccc2)c1. The summed E-state index contributed by atoms with van der Waals surface area (Å²) in [6.45, 7) is 6.18. The minimum absolute atomic E-state index is 0.0344. The van der Waals surface area contributed by atoms with E-state index in [0.717, 1.165) is 37.2 Å². The van der Waals surface area contributed by atoms with E-state index in [1.165, 1.54) is 0 Å². The van der Waals surface area contributed by atoms with Crippen molar-refractivity contribution in [1.29, 1.82) is 0 Å². The van der Waals surface area contributed by atoms with Gasteiger partial charge in [-0.15, -0.1) is 0 Å². The summed E-state index contributed by atoms with van der Waals surface area (Å²) in [6.07, 6.45) is 6.96. The van der Waals surface area contributed by atoms with Gasteiger partial charge in [0.25, 0.3) is 0 Å². The minimum atomic E-state index is -0.0344. The molecule has 2 rings (SSSR count). The number of hydrogen-bond donors (Lipinski definition) is 1. The molecule has 6 nitrogen and oxygen atoms in total. The third-order valence-electron chi connectivity index (χ3n) is 4.28. The lowest BCUT2D eigenvalue weighted by Crippen LogP contribution is -2.32. The first-order valence-electron chi connectivity index (χ1n) is 9.77. The quantitative estimate of drug-likeness (QED) is 0.660. The number of rotatable bonds is 11. The van der Waals surface area contributed by atoms with Gasteiger partial charge in [0.15, 0.2) is 0 Å². The van der Waals surface area contributed by atoms with Crippen LogP contribution in [-0.4, -0.2) is 39.6 Å². The van der Waals surface area contributed by atoms with Gasteiger partial charge in [-0.2, -0.15) is 5.10 Å². The van der Waals surface area contributed by atoms with Gasteiger partial charge in [-0.1, -0.05) is 32.0 Å². The predicted octanol–water partition coefficient (Wildman–Crippen LogP) is 3.31. The Morgan fingerprint density at radius 2 is 1.78 bits per heavy atom. The van der Waals surface area contributed by atoms with E-state index in [1.807, 2.05) is 41.4 Å². The van der Waals surface area contributed by atoms with Crippen molar-refractivity contribution in [3.8, 4) is 5.69 Å². The topological polar surface area (TPSA) is 67.2 Å². The van der Waals surface area contributed by atoms with Crippen molar-refractivity contribution in [1.82, 2.24) is 20.0 Å². The van der Waals surface area contributed by atoms with Gasteiger partial charge >= 0.3 is 0 Å². The third-order valence-corrected chi connectivity index (χ3v) is 4.28. The van der Waals surface area contributed by atoms with Crippen LogP contribution in [0.5, 0.6) is 0 Å². The first-order chi connectivity index (χ1) is 13.1. The maximum Gasteiger partial charge on any atom is 0.222 e. The molecular formula is C21H30N4O2. The fourth-order valence-electron chi connectivity index (χ4n) is 2.92. The van der Waals surface area contributed by atoms with Crippen molar-refractivity contribution >= 4 is 11.8 Å². The Hall–Kier alpha value is -2.63. The van der Waals surface area contributed by atoms with Gasteiger partial charge in [-0.25, -0.2) is 4.68 Å². The largest absolute Gasteiger partial charge is 0.352 e. The summed E-state index contributed by atoms with van der Waals surface area (Å²) in [4.78, 5) is 26.1. The van der Waals surface area contributed by atoms with Crippen LogP contribution in [0.2, 0.25) is 0 Å². The van der Waals surface area contributed by atoms with E-state index in [4.69, 9.17) is 0 Å². The van der Waals surface area contributed by atoms with Crippen molar-refractivity contribution in [2.24, 2.45) is 0 Å². The molecule has 0 aliphatic rings. The monoisotopic (exact) mass is 370 g/mol. The zero-order chi connectivity index (χ0) is 19.5. The molecule has 2 aromatic rings. The van der Waals surface area contributed by atoms with E-state index in [-0.39, 0.29) is 11.8 Å². The van der Waals surface area contributed by atoms with Gasteiger partial charge in [0.05, 0.1) is 11.9 Å². The highest BCUT2D eigenvalue weighted by Crippen LogP contribution is 2.08. The zero-order valence-corrected chi connectivity index (χ0v) is 16.4. The van der Waals surface area contributed by atoms with Gasteiger partial charge in [-0.3, -0.25) is 9.59 Å². The van der Waals surface area contributed by atoms with Crippen LogP contribution in [-0.2, 0) is 16.1 Å². The Labute approximate surface area is 161 Å². The number of hydrogen-bond acceptors (Lipinski definition) is 3. The average molecular weight is 370 g/mol. The third kappa shape index (κ3) is 6.89. The fraction of sp³-hybridized carbons (Fsp3) is 0.476.